The molecule has 268 valence electrons. The number of benzene rings is 3. The van der Waals surface area contributed by atoms with Crippen LogP contribution >= 0.6 is 0 Å². The van der Waals surface area contributed by atoms with E-state index in [1.54, 1.807) is 32.2 Å². The van der Waals surface area contributed by atoms with Gasteiger partial charge in [-0.2, -0.15) is 5.10 Å². The number of carbonyl (C=O) groups is 2. The van der Waals surface area contributed by atoms with Gasteiger partial charge in [0.15, 0.2) is 5.82 Å². The number of halogens is 4. The number of pyridine rings is 1. The van der Waals surface area contributed by atoms with Gasteiger partial charge in [0.2, 0.25) is 11.8 Å². The van der Waals surface area contributed by atoms with Gasteiger partial charge in [-0.1, -0.05) is 48.5 Å². The molecule has 2 aromatic heterocycles. The van der Waals surface area contributed by atoms with Crippen molar-refractivity contribution in [2.75, 3.05) is 18.4 Å². The highest BCUT2D eigenvalue weighted by molar-refractivity contribution is 6.01. The van der Waals surface area contributed by atoms with Crippen LogP contribution in [0.2, 0.25) is 0 Å². The molecule has 2 amide bonds. The van der Waals surface area contributed by atoms with Gasteiger partial charge < -0.3 is 5.32 Å². The van der Waals surface area contributed by atoms with Crippen molar-refractivity contribution in [3.8, 4) is 11.3 Å². The molecule has 2 saturated heterocycles. The van der Waals surface area contributed by atoms with Gasteiger partial charge in [0.25, 0.3) is 6.43 Å². The zero-order valence-corrected chi connectivity index (χ0v) is 28.8. The van der Waals surface area contributed by atoms with Crippen LogP contribution in [0.5, 0.6) is 0 Å². The minimum Gasteiger partial charge on any atom is -0.361 e. The summed E-state index contributed by atoms with van der Waals surface area (Å²) in [6.45, 7) is 5.80. The number of hydrogen-bond acceptors (Lipinski definition) is 7. The van der Waals surface area contributed by atoms with Gasteiger partial charge in [0.05, 0.1) is 28.9 Å². The van der Waals surface area contributed by atoms with Crippen LogP contribution in [0.25, 0.3) is 22.0 Å². The van der Waals surface area contributed by atoms with Crippen LogP contribution in [0, 0.1) is 18.6 Å². The summed E-state index contributed by atoms with van der Waals surface area (Å²) in [7, 11) is 0. The minimum absolute atomic E-state index is 0.0630. The molecule has 2 aliphatic heterocycles. The highest BCUT2D eigenvalue weighted by Gasteiger charge is 2.29. The molecule has 0 bridgehead atoms. The summed E-state index contributed by atoms with van der Waals surface area (Å²) in [4.78, 5) is 30.7. The SMILES string of the molecule is Cc1nnc(N[C@H](C)c2cccc(C(F)F)c2F)c2cc(-c3cc(CN4CCC(c5ccc(C6CCC(=O)NC6=O)cc5)CC4)ccc3F)ncc12. The third kappa shape index (κ3) is 7.25. The lowest BCUT2D eigenvalue weighted by molar-refractivity contribution is -0.134. The number of fused-ring (bicyclic) bond motifs is 1. The molecule has 1 unspecified atom stereocenters. The van der Waals surface area contributed by atoms with Crippen molar-refractivity contribution in [2.45, 2.75) is 70.4 Å². The average molecular weight is 711 g/mol. The molecule has 4 heterocycles. The molecule has 2 aliphatic rings. The maximum atomic E-state index is 15.4. The summed E-state index contributed by atoms with van der Waals surface area (Å²) < 4.78 is 57.1. The fourth-order valence-corrected chi connectivity index (χ4v) is 7.34. The van der Waals surface area contributed by atoms with Crippen molar-refractivity contribution >= 4 is 28.4 Å². The Hall–Kier alpha value is -5.23. The minimum atomic E-state index is -2.95. The maximum Gasteiger partial charge on any atom is 0.266 e. The zero-order chi connectivity index (χ0) is 36.5. The Kier molecular flexibility index (Phi) is 10.0. The number of likely N-dealkylation sites (tertiary alicyclic amines) is 1. The van der Waals surface area contributed by atoms with E-state index in [1.165, 1.54) is 23.8 Å². The van der Waals surface area contributed by atoms with Crippen LogP contribution < -0.4 is 10.6 Å². The van der Waals surface area contributed by atoms with Crippen molar-refractivity contribution in [1.82, 2.24) is 25.4 Å². The second-order valence-corrected chi connectivity index (χ2v) is 13.7. The number of carbonyl (C=O) groups excluding carboxylic acids is 2. The molecule has 3 aromatic carbocycles. The standard InChI is InChI=1S/C40H38F4N6O2/c1-22(28-4-3-5-30(37(28)42)38(43)44)46-39-31-19-35(45-20-33(31)23(2)48-49-39)32-18-24(6-12-34(32)41)21-50-16-14-26(15-17-50)25-7-9-27(10-8-25)29-11-13-36(51)47-40(29)52/h3-10,12,18-20,22,26,29,38H,11,13-17,21H2,1-2H3,(H,46,49)(H,47,51,52)/t22-,29?/m1/s1. The third-order valence-electron chi connectivity index (χ3n) is 10.3. The molecule has 0 aliphatic carbocycles. The van der Waals surface area contributed by atoms with Gasteiger partial charge in [-0.05, 0) is 87.0 Å². The molecule has 7 rings (SSSR count). The number of imide groups is 1. The second-order valence-electron chi connectivity index (χ2n) is 13.7. The number of piperidine rings is 2. The Labute approximate surface area is 298 Å². The predicted octanol–water partition coefficient (Wildman–Crippen LogP) is 8.29. The molecule has 5 aromatic rings. The van der Waals surface area contributed by atoms with Crippen molar-refractivity contribution < 1.29 is 27.2 Å². The van der Waals surface area contributed by atoms with E-state index < -0.39 is 29.7 Å². The highest BCUT2D eigenvalue weighted by atomic mass is 19.3. The Morgan fingerprint density at radius 1 is 0.904 bits per heavy atom. The molecular weight excluding hydrogens is 672 g/mol. The largest absolute Gasteiger partial charge is 0.361 e. The van der Waals surface area contributed by atoms with Gasteiger partial charge in [-0.15, -0.1) is 5.10 Å². The number of aryl methyl sites for hydroxylation is 1. The molecule has 8 nitrogen and oxygen atoms in total. The monoisotopic (exact) mass is 710 g/mol. The van der Waals surface area contributed by atoms with E-state index in [1.807, 2.05) is 18.2 Å². The molecular formula is C40H38F4N6O2. The number of rotatable bonds is 9. The Morgan fingerprint density at radius 2 is 1.63 bits per heavy atom. The van der Waals surface area contributed by atoms with E-state index in [-0.39, 0.29) is 23.3 Å². The van der Waals surface area contributed by atoms with Crippen LogP contribution in [-0.2, 0) is 16.1 Å². The second kappa shape index (κ2) is 14.8. The summed E-state index contributed by atoms with van der Waals surface area (Å²) in [6, 6.07) is 18.1. The third-order valence-corrected chi connectivity index (χ3v) is 10.3. The van der Waals surface area contributed by atoms with Crippen molar-refractivity contribution in [2.24, 2.45) is 0 Å². The first-order valence-corrected chi connectivity index (χ1v) is 17.5. The predicted molar refractivity (Wildman–Crippen MR) is 190 cm³/mol. The fourth-order valence-electron chi connectivity index (χ4n) is 7.34. The first-order valence-electron chi connectivity index (χ1n) is 17.5. The van der Waals surface area contributed by atoms with Gasteiger partial charge >= 0.3 is 0 Å². The van der Waals surface area contributed by atoms with E-state index in [9.17, 15) is 22.8 Å². The Bertz CT molecular complexity index is 2140. The lowest BCUT2D eigenvalue weighted by atomic mass is 9.86. The van der Waals surface area contributed by atoms with Crippen molar-refractivity contribution in [3.63, 3.8) is 0 Å². The summed E-state index contributed by atoms with van der Waals surface area (Å²) >= 11 is 0. The van der Waals surface area contributed by atoms with Gasteiger partial charge in [-0.3, -0.25) is 24.8 Å². The molecule has 12 heteroatoms. The lowest BCUT2D eigenvalue weighted by Gasteiger charge is -2.32. The normalized spacial score (nSPS) is 17.8. The summed E-state index contributed by atoms with van der Waals surface area (Å²) in [6.07, 6.45) is 1.46. The molecule has 52 heavy (non-hydrogen) atoms. The Morgan fingerprint density at radius 3 is 2.37 bits per heavy atom. The molecule has 0 radical (unpaired) electrons. The first kappa shape index (κ1) is 35.2. The van der Waals surface area contributed by atoms with Crippen LogP contribution in [0.4, 0.5) is 23.4 Å². The zero-order valence-electron chi connectivity index (χ0n) is 28.8. The van der Waals surface area contributed by atoms with E-state index in [0.717, 1.165) is 43.1 Å². The van der Waals surface area contributed by atoms with Crippen LogP contribution in [0.3, 0.4) is 0 Å². The van der Waals surface area contributed by atoms with Gasteiger partial charge in [-0.25, -0.2) is 17.6 Å². The average Bonchev–Trinajstić information content (AvgIpc) is 3.14. The van der Waals surface area contributed by atoms with Gasteiger partial charge in [0, 0.05) is 41.1 Å². The number of amides is 2. The number of aromatic nitrogens is 3. The lowest BCUT2D eigenvalue weighted by Crippen LogP contribution is -2.39. The number of nitrogens with one attached hydrogen (secondary N) is 2. The van der Waals surface area contributed by atoms with Crippen LogP contribution in [0.1, 0.15) is 90.4 Å². The molecule has 0 saturated carbocycles. The van der Waals surface area contributed by atoms with Crippen LogP contribution in [-0.4, -0.2) is 45.0 Å². The quantitative estimate of drug-likeness (QED) is 0.117. The first-order chi connectivity index (χ1) is 25.0. The fraction of sp³-hybridized carbons (Fsp3) is 0.325. The van der Waals surface area contributed by atoms with Crippen molar-refractivity contribution in [3.05, 3.63) is 118 Å². The van der Waals surface area contributed by atoms with E-state index >= 15 is 4.39 Å². The van der Waals surface area contributed by atoms with Gasteiger partial charge in [0.1, 0.15) is 11.6 Å². The summed E-state index contributed by atoms with van der Waals surface area (Å²) in [5, 5.41) is 15.3. The molecule has 2 N–H and O–H groups in total. The van der Waals surface area contributed by atoms with Crippen LogP contribution in [0.15, 0.2) is 72.9 Å². The number of alkyl halides is 2. The smallest absolute Gasteiger partial charge is 0.266 e. The molecule has 2 fully saturated rings. The van der Waals surface area contributed by atoms with Crippen molar-refractivity contribution in [1.29, 1.82) is 0 Å². The molecule has 2 atom stereocenters. The number of nitrogens with zero attached hydrogens (tertiary/aromatic N) is 4. The highest BCUT2D eigenvalue weighted by Crippen LogP contribution is 2.35. The Balaban J connectivity index is 1.05. The number of anilines is 1. The maximum absolute atomic E-state index is 15.4. The van der Waals surface area contributed by atoms with E-state index in [4.69, 9.17) is 0 Å². The summed E-state index contributed by atoms with van der Waals surface area (Å²) in [5.74, 6) is -1.47. The van der Waals surface area contributed by atoms with E-state index in [2.05, 4.69) is 42.8 Å². The molecule has 0 spiro atoms. The number of hydrogen-bond donors (Lipinski definition) is 2. The topological polar surface area (TPSA) is 100 Å². The summed E-state index contributed by atoms with van der Waals surface area (Å²) in [5.41, 5.74) is 3.81. The van der Waals surface area contributed by atoms with E-state index in [0.29, 0.717) is 58.8 Å².